The lowest BCUT2D eigenvalue weighted by molar-refractivity contribution is 0.307. The average Bonchev–Trinajstić information content (AvgIpc) is 2.86. The first-order valence-electron chi connectivity index (χ1n) is 12.6. The van der Waals surface area contributed by atoms with Crippen molar-refractivity contribution in [2.24, 2.45) is 5.92 Å². The summed E-state index contributed by atoms with van der Waals surface area (Å²) in [6.07, 6.45) is 9.16. The Kier molecular flexibility index (Phi) is 8.33. The van der Waals surface area contributed by atoms with Crippen LogP contribution in [0.15, 0.2) is 60.7 Å². The molecule has 1 aliphatic carbocycles. The summed E-state index contributed by atoms with van der Waals surface area (Å²) in [7, 11) is 0. The van der Waals surface area contributed by atoms with Crippen LogP contribution in [0.2, 0.25) is 0 Å². The maximum atomic E-state index is 14.8. The van der Waals surface area contributed by atoms with Crippen LogP contribution < -0.4 is 4.74 Å². The lowest BCUT2D eigenvalue weighted by Gasteiger charge is -2.27. The van der Waals surface area contributed by atoms with Gasteiger partial charge in [-0.25, -0.2) is 13.2 Å². The molecule has 1 fully saturated rings. The molecule has 1 saturated carbocycles. The molecule has 3 aromatic carbocycles. The van der Waals surface area contributed by atoms with E-state index in [1.54, 1.807) is 30.3 Å². The lowest BCUT2D eigenvalue weighted by Crippen LogP contribution is -2.13. The molecule has 0 amide bonds. The number of halogens is 3. The zero-order valence-electron chi connectivity index (χ0n) is 20.5. The molecule has 0 aromatic heterocycles. The molecule has 0 spiro atoms. The zero-order chi connectivity index (χ0) is 24.8. The van der Waals surface area contributed by atoms with Crippen LogP contribution in [-0.2, 0) is 0 Å². The summed E-state index contributed by atoms with van der Waals surface area (Å²) in [6, 6.07) is 15.9. The molecule has 4 rings (SSSR count). The highest BCUT2D eigenvalue weighted by molar-refractivity contribution is 5.67. The first-order chi connectivity index (χ1) is 17.0. The minimum absolute atomic E-state index is 0.173. The Labute approximate surface area is 206 Å². The smallest absolute Gasteiger partial charge is 0.167 e. The highest BCUT2D eigenvalue weighted by Gasteiger charge is 2.23. The standard InChI is InChI=1S/C31H33F3O/c1-3-4-19-35-26-16-18-27(29(32)20-26)23-12-7-22(8-13-23)9-14-25-15-17-28(31(34)30(25)33)24-10-5-21(2)6-11-24/h5-6,9-11,14-18,20,22-23H,3-4,7-8,12-13,19H2,1-2H3/b14-9+. The average molecular weight is 479 g/mol. The van der Waals surface area contributed by atoms with Gasteiger partial charge in [0.1, 0.15) is 11.6 Å². The van der Waals surface area contributed by atoms with Crippen LogP contribution in [0.4, 0.5) is 13.2 Å². The van der Waals surface area contributed by atoms with Gasteiger partial charge in [-0.2, -0.15) is 0 Å². The van der Waals surface area contributed by atoms with Crippen molar-refractivity contribution >= 4 is 6.08 Å². The molecule has 0 unspecified atom stereocenters. The summed E-state index contributed by atoms with van der Waals surface area (Å²) in [5.41, 5.74) is 3.00. The Hall–Kier alpha value is -3.01. The molecule has 3 aromatic rings. The minimum atomic E-state index is -0.823. The molecule has 0 saturated heterocycles. The van der Waals surface area contributed by atoms with Crippen molar-refractivity contribution in [2.45, 2.75) is 58.3 Å². The van der Waals surface area contributed by atoms with E-state index in [2.05, 4.69) is 6.92 Å². The zero-order valence-corrected chi connectivity index (χ0v) is 20.5. The van der Waals surface area contributed by atoms with Crippen molar-refractivity contribution in [1.82, 2.24) is 0 Å². The fraction of sp³-hybridized carbons (Fsp3) is 0.355. The van der Waals surface area contributed by atoms with Gasteiger partial charge in [-0.15, -0.1) is 0 Å². The number of allylic oxidation sites excluding steroid dienone is 1. The van der Waals surface area contributed by atoms with Crippen LogP contribution >= 0.6 is 0 Å². The van der Waals surface area contributed by atoms with E-state index in [0.29, 0.717) is 17.9 Å². The number of unbranched alkanes of at least 4 members (excludes halogenated alkanes) is 1. The summed E-state index contributed by atoms with van der Waals surface area (Å²) in [4.78, 5) is 0. The van der Waals surface area contributed by atoms with E-state index in [0.717, 1.165) is 49.7 Å². The Morgan fingerprint density at radius 1 is 0.886 bits per heavy atom. The molecular weight excluding hydrogens is 445 g/mol. The van der Waals surface area contributed by atoms with E-state index < -0.39 is 11.6 Å². The Morgan fingerprint density at radius 2 is 1.63 bits per heavy atom. The van der Waals surface area contributed by atoms with Gasteiger partial charge in [-0.3, -0.25) is 0 Å². The minimum Gasteiger partial charge on any atom is -0.493 e. The maximum absolute atomic E-state index is 14.8. The fourth-order valence-corrected chi connectivity index (χ4v) is 4.77. The normalized spacial score (nSPS) is 18.2. The molecule has 0 heterocycles. The summed E-state index contributed by atoms with van der Waals surface area (Å²) in [5, 5.41) is 0. The largest absolute Gasteiger partial charge is 0.493 e. The van der Waals surface area contributed by atoms with E-state index in [-0.39, 0.29) is 28.8 Å². The second kappa shape index (κ2) is 11.6. The van der Waals surface area contributed by atoms with Gasteiger partial charge in [0.2, 0.25) is 0 Å². The Bertz CT molecular complexity index is 1160. The van der Waals surface area contributed by atoms with E-state index in [1.165, 1.54) is 6.07 Å². The van der Waals surface area contributed by atoms with Gasteiger partial charge in [-0.1, -0.05) is 73.5 Å². The van der Waals surface area contributed by atoms with E-state index in [4.69, 9.17) is 4.74 Å². The molecule has 0 radical (unpaired) electrons. The van der Waals surface area contributed by atoms with Crippen molar-refractivity contribution in [3.63, 3.8) is 0 Å². The second-order valence-corrected chi connectivity index (χ2v) is 9.55. The highest BCUT2D eigenvalue weighted by atomic mass is 19.2. The number of hydrogen-bond acceptors (Lipinski definition) is 1. The van der Waals surface area contributed by atoms with Crippen LogP contribution in [0, 0.1) is 30.3 Å². The summed E-state index contributed by atoms with van der Waals surface area (Å²) >= 11 is 0. The molecule has 0 atom stereocenters. The van der Waals surface area contributed by atoms with Crippen LogP contribution in [0.25, 0.3) is 17.2 Å². The van der Waals surface area contributed by atoms with Crippen molar-refractivity contribution in [3.8, 4) is 16.9 Å². The van der Waals surface area contributed by atoms with Crippen LogP contribution in [0.3, 0.4) is 0 Å². The predicted octanol–water partition coefficient (Wildman–Crippen LogP) is 9.25. The SMILES string of the molecule is CCCCOc1ccc(C2CCC(/C=C/c3ccc(-c4ccc(C)cc4)c(F)c3F)CC2)c(F)c1. The van der Waals surface area contributed by atoms with Crippen LogP contribution in [0.1, 0.15) is 68.1 Å². The van der Waals surface area contributed by atoms with Crippen LogP contribution in [-0.4, -0.2) is 6.61 Å². The lowest BCUT2D eigenvalue weighted by atomic mass is 9.78. The molecular formula is C31H33F3O. The van der Waals surface area contributed by atoms with Crippen molar-refractivity contribution in [3.05, 3.63) is 94.8 Å². The molecule has 0 aliphatic heterocycles. The molecule has 1 aliphatic rings. The molecule has 1 nitrogen and oxygen atoms in total. The molecule has 4 heteroatoms. The Balaban J connectivity index is 1.36. The first kappa shape index (κ1) is 25.1. The van der Waals surface area contributed by atoms with Gasteiger partial charge < -0.3 is 4.74 Å². The van der Waals surface area contributed by atoms with E-state index in [1.807, 2.05) is 37.3 Å². The summed E-state index contributed by atoms with van der Waals surface area (Å²) < 4.78 is 49.8. The van der Waals surface area contributed by atoms with E-state index in [9.17, 15) is 13.2 Å². The number of aryl methyl sites for hydroxylation is 1. The summed E-state index contributed by atoms with van der Waals surface area (Å²) in [6.45, 7) is 4.65. The topological polar surface area (TPSA) is 9.23 Å². The molecule has 0 N–H and O–H groups in total. The number of hydrogen-bond donors (Lipinski definition) is 0. The van der Waals surface area contributed by atoms with Crippen molar-refractivity contribution in [2.75, 3.05) is 6.61 Å². The maximum Gasteiger partial charge on any atom is 0.167 e. The first-order valence-corrected chi connectivity index (χ1v) is 12.6. The second-order valence-electron chi connectivity index (χ2n) is 9.55. The van der Waals surface area contributed by atoms with Gasteiger partial charge >= 0.3 is 0 Å². The van der Waals surface area contributed by atoms with Crippen molar-refractivity contribution in [1.29, 1.82) is 0 Å². The predicted molar refractivity (Wildman–Crippen MR) is 137 cm³/mol. The van der Waals surface area contributed by atoms with Crippen molar-refractivity contribution < 1.29 is 17.9 Å². The number of ether oxygens (including phenoxy) is 1. The molecule has 0 bridgehead atoms. The number of benzene rings is 3. The fourth-order valence-electron chi connectivity index (χ4n) is 4.77. The third-order valence-electron chi connectivity index (χ3n) is 6.97. The third kappa shape index (κ3) is 6.17. The highest BCUT2D eigenvalue weighted by Crippen LogP contribution is 2.38. The van der Waals surface area contributed by atoms with Gasteiger partial charge in [0, 0.05) is 17.2 Å². The summed E-state index contributed by atoms with van der Waals surface area (Å²) in [5.74, 6) is -0.825. The van der Waals surface area contributed by atoms with E-state index >= 15 is 0 Å². The molecule has 184 valence electrons. The van der Waals surface area contributed by atoms with Crippen LogP contribution in [0.5, 0.6) is 5.75 Å². The van der Waals surface area contributed by atoms with Gasteiger partial charge in [0.25, 0.3) is 0 Å². The van der Waals surface area contributed by atoms with Gasteiger partial charge in [0.05, 0.1) is 6.61 Å². The monoisotopic (exact) mass is 478 g/mol. The van der Waals surface area contributed by atoms with Gasteiger partial charge in [0.15, 0.2) is 11.6 Å². The Morgan fingerprint density at radius 3 is 2.31 bits per heavy atom. The quantitative estimate of drug-likeness (QED) is 0.293. The third-order valence-corrected chi connectivity index (χ3v) is 6.97. The number of rotatable bonds is 8. The molecule has 35 heavy (non-hydrogen) atoms. The van der Waals surface area contributed by atoms with Gasteiger partial charge in [-0.05, 0) is 68.1 Å².